The Balaban J connectivity index is 1.81. The summed E-state index contributed by atoms with van der Waals surface area (Å²) in [4.78, 5) is 16.1. The maximum Gasteiger partial charge on any atom is 0.410 e. The van der Waals surface area contributed by atoms with Crippen molar-refractivity contribution >= 4 is 6.09 Å². The van der Waals surface area contributed by atoms with Crippen molar-refractivity contribution in [3.63, 3.8) is 0 Å². The highest BCUT2D eigenvalue weighted by Gasteiger charge is 2.34. The Morgan fingerprint density at radius 2 is 1.94 bits per heavy atom. The Morgan fingerprint density at radius 1 is 1.25 bits per heavy atom. The molecular formula is C12H22N2O2. The highest BCUT2D eigenvalue weighted by atomic mass is 16.6. The molecular weight excluding hydrogens is 204 g/mol. The molecule has 2 rings (SSSR count). The third kappa shape index (κ3) is 2.67. The second-order valence-corrected chi connectivity index (χ2v) is 5.76. The Labute approximate surface area is 97.5 Å². The van der Waals surface area contributed by atoms with Crippen LogP contribution in [-0.2, 0) is 4.74 Å². The zero-order valence-corrected chi connectivity index (χ0v) is 10.5. The number of nitrogens with zero attached hydrogens (tertiary/aromatic N) is 2. The minimum atomic E-state index is -0.383. The van der Waals surface area contributed by atoms with Gasteiger partial charge in [-0.1, -0.05) is 0 Å². The standard InChI is InChI=1S/C12H22N2O2/c1-12(2,3)16-11(15)14-8-5-10(9-14)13-6-4-7-13/h10H,4-9H2,1-3H3/t10-/m0/s1. The van der Waals surface area contributed by atoms with Crippen molar-refractivity contribution in [2.75, 3.05) is 26.2 Å². The summed E-state index contributed by atoms with van der Waals surface area (Å²) in [7, 11) is 0. The average molecular weight is 226 g/mol. The molecule has 16 heavy (non-hydrogen) atoms. The van der Waals surface area contributed by atoms with Crippen LogP contribution in [0.15, 0.2) is 0 Å². The highest BCUT2D eigenvalue weighted by Crippen LogP contribution is 2.22. The number of carbonyl (C=O) groups is 1. The van der Waals surface area contributed by atoms with E-state index in [0.29, 0.717) is 6.04 Å². The molecule has 0 spiro atoms. The molecule has 0 saturated carbocycles. The fourth-order valence-corrected chi connectivity index (χ4v) is 2.24. The van der Waals surface area contributed by atoms with E-state index in [1.807, 2.05) is 25.7 Å². The first-order chi connectivity index (χ1) is 7.46. The van der Waals surface area contributed by atoms with Crippen molar-refractivity contribution in [3.05, 3.63) is 0 Å². The van der Waals surface area contributed by atoms with E-state index < -0.39 is 0 Å². The summed E-state index contributed by atoms with van der Waals surface area (Å²) >= 11 is 0. The summed E-state index contributed by atoms with van der Waals surface area (Å²) in [5.74, 6) is 0. The molecule has 1 atom stereocenters. The van der Waals surface area contributed by atoms with Crippen molar-refractivity contribution in [2.24, 2.45) is 0 Å². The van der Waals surface area contributed by atoms with Crippen LogP contribution in [0.4, 0.5) is 4.79 Å². The number of ether oxygens (including phenoxy) is 1. The molecule has 0 aromatic rings. The van der Waals surface area contributed by atoms with E-state index in [4.69, 9.17) is 4.74 Å². The van der Waals surface area contributed by atoms with E-state index in [2.05, 4.69) is 4.90 Å². The highest BCUT2D eigenvalue weighted by molar-refractivity contribution is 5.68. The second-order valence-electron chi connectivity index (χ2n) is 5.76. The van der Waals surface area contributed by atoms with Gasteiger partial charge >= 0.3 is 6.09 Å². The van der Waals surface area contributed by atoms with Crippen LogP contribution in [0, 0.1) is 0 Å². The molecule has 2 saturated heterocycles. The topological polar surface area (TPSA) is 32.8 Å². The fraction of sp³-hybridized carbons (Fsp3) is 0.917. The van der Waals surface area contributed by atoms with Crippen LogP contribution < -0.4 is 0 Å². The number of carbonyl (C=O) groups excluding carboxylic acids is 1. The minimum Gasteiger partial charge on any atom is -0.444 e. The lowest BCUT2D eigenvalue weighted by atomic mass is 10.1. The van der Waals surface area contributed by atoms with Gasteiger partial charge in [-0.25, -0.2) is 4.79 Å². The summed E-state index contributed by atoms with van der Waals surface area (Å²) < 4.78 is 5.37. The van der Waals surface area contributed by atoms with E-state index in [0.717, 1.165) is 19.5 Å². The molecule has 0 radical (unpaired) electrons. The largest absolute Gasteiger partial charge is 0.444 e. The molecule has 2 aliphatic heterocycles. The number of amides is 1. The first kappa shape index (κ1) is 11.7. The van der Waals surface area contributed by atoms with Gasteiger partial charge < -0.3 is 9.64 Å². The minimum absolute atomic E-state index is 0.157. The normalized spacial score (nSPS) is 26.7. The lowest BCUT2D eigenvalue weighted by molar-refractivity contribution is 0.0268. The molecule has 0 aromatic carbocycles. The monoisotopic (exact) mass is 226 g/mol. The van der Waals surface area contributed by atoms with Gasteiger partial charge in [-0.05, 0) is 46.7 Å². The lowest BCUT2D eigenvalue weighted by Gasteiger charge is -2.36. The maximum atomic E-state index is 11.8. The Hall–Kier alpha value is -0.770. The Bertz CT molecular complexity index is 269. The van der Waals surface area contributed by atoms with Gasteiger partial charge in [0.2, 0.25) is 0 Å². The quantitative estimate of drug-likeness (QED) is 0.682. The lowest BCUT2D eigenvalue weighted by Crippen LogP contribution is -2.47. The molecule has 92 valence electrons. The Morgan fingerprint density at radius 3 is 2.44 bits per heavy atom. The van der Waals surface area contributed by atoms with Crippen LogP contribution in [0.5, 0.6) is 0 Å². The smallest absolute Gasteiger partial charge is 0.410 e. The zero-order valence-electron chi connectivity index (χ0n) is 10.5. The molecule has 2 fully saturated rings. The molecule has 2 heterocycles. The van der Waals surface area contributed by atoms with Gasteiger partial charge in [0.05, 0.1) is 0 Å². The van der Waals surface area contributed by atoms with Crippen LogP contribution in [0.2, 0.25) is 0 Å². The third-order valence-electron chi connectivity index (χ3n) is 3.22. The van der Waals surface area contributed by atoms with Crippen LogP contribution >= 0.6 is 0 Å². The average Bonchev–Trinajstić information content (AvgIpc) is 2.46. The molecule has 0 N–H and O–H groups in total. The van der Waals surface area contributed by atoms with E-state index in [-0.39, 0.29) is 11.7 Å². The van der Waals surface area contributed by atoms with Crippen molar-refractivity contribution in [1.82, 2.24) is 9.80 Å². The van der Waals surface area contributed by atoms with Crippen LogP contribution in [0.25, 0.3) is 0 Å². The predicted molar refractivity (Wildman–Crippen MR) is 62.4 cm³/mol. The summed E-state index contributed by atoms with van der Waals surface area (Å²) in [5.41, 5.74) is -0.383. The van der Waals surface area contributed by atoms with E-state index in [1.165, 1.54) is 19.5 Å². The van der Waals surface area contributed by atoms with Gasteiger partial charge in [-0.2, -0.15) is 0 Å². The van der Waals surface area contributed by atoms with Crippen molar-refractivity contribution in [2.45, 2.75) is 45.3 Å². The van der Waals surface area contributed by atoms with Gasteiger partial charge in [-0.15, -0.1) is 0 Å². The maximum absolute atomic E-state index is 11.8. The SMILES string of the molecule is CC(C)(C)OC(=O)N1CC[C@H](N2CCC2)C1. The first-order valence-electron chi connectivity index (χ1n) is 6.18. The number of rotatable bonds is 1. The van der Waals surface area contributed by atoms with Gasteiger partial charge in [0.15, 0.2) is 0 Å². The van der Waals surface area contributed by atoms with E-state index in [9.17, 15) is 4.79 Å². The van der Waals surface area contributed by atoms with Crippen molar-refractivity contribution < 1.29 is 9.53 Å². The molecule has 1 amide bonds. The van der Waals surface area contributed by atoms with Crippen molar-refractivity contribution in [1.29, 1.82) is 0 Å². The molecule has 0 aliphatic carbocycles. The summed E-state index contributed by atoms with van der Waals surface area (Å²) in [5, 5.41) is 0. The number of hydrogen-bond acceptors (Lipinski definition) is 3. The summed E-state index contributed by atoms with van der Waals surface area (Å²) in [6.07, 6.45) is 2.25. The molecule has 4 heteroatoms. The molecule has 0 unspecified atom stereocenters. The zero-order chi connectivity index (χ0) is 11.8. The first-order valence-corrected chi connectivity index (χ1v) is 6.18. The summed E-state index contributed by atoms with van der Waals surface area (Å²) in [6, 6.07) is 0.571. The number of likely N-dealkylation sites (tertiary alicyclic amines) is 2. The summed E-state index contributed by atoms with van der Waals surface area (Å²) in [6.45, 7) is 9.82. The van der Waals surface area contributed by atoms with Crippen molar-refractivity contribution in [3.8, 4) is 0 Å². The molecule has 0 bridgehead atoms. The van der Waals surface area contributed by atoms with Crippen LogP contribution in [0.3, 0.4) is 0 Å². The van der Waals surface area contributed by atoms with E-state index in [1.54, 1.807) is 0 Å². The second kappa shape index (κ2) is 4.24. The fourth-order valence-electron chi connectivity index (χ4n) is 2.24. The predicted octanol–water partition coefficient (Wildman–Crippen LogP) is 1.70. The van der Waals surface area contributed by atoms with Gasteiger partial charge in [0.25, 0.3) is 0 Å². The van der Waals surface area contributed by atoms with Gasteiger partial charge in [0.1, 0.15) is 5.60 Å². The molecule has 2 aliphatic rings. The third-order valence-corrected chi connectivity index (χ3v) is 3.22. The van der Waals surface area contributed by atoms with Crippen LogP contribution in [-0.4, -0.2) is 53.7 Å². The van der Waals surface area contributed by atoms with Crippen LogP contribution in [0.1, 0.15) is 33.6 Å². The van der Waals surface area contributed by atoms with Gasteiger partial charge in [0, 0.05) is 19.1 Å². The number of hydrogen-bond donors (Lipinski definition) is 0. The van der Waals surface area contributed by atoms with E-state index >= 15 is 0 Å². The Kier molecular flexibility index (Phi) is 3.10. The van der Waals surface area contributed by atoms with Gasteiger partial charge in [-0.3, -0.25) is 4.90 Å². The molecule has 4 nitrogen and oxygen atoms in total. The molecule has 0 aromatic heterocycles.